The molecular formula is C16H18O. The van der Waals surface area contributed by atoms with Gasteiger partial charge in [0.05, 0.1) is 0 Å². The van der Waals surface area contributed by atoms with Crippen LogP contribution in [-0.4, -0.2) is 5.78 Å². The van der Waals surface area contributed by atoms with Gasteiger partial charge in [0.1, 0.15) is 5.78 Å². The monoisotopic (exact) mass is 226 g/mol. The number of Topliss-reactive ketones (excluding diaryl/α,β-unsaturated/α-hetero) is 1. The summed E-state index contributed by atoms with van der Waals surface area (Å²) in [7, 11) is 0. The number of benzene rings is 1. The van der Waals surface area contributed by atoms with Crippen LogP contribution >= 0.6 is 0 Å². The Labute approximate surface area is 103 Å². The van der Waals surface area contributed by atoms with E-state index in [-0.39, 0.29) is 0 Å². The Morgan fingerprint density at radius 1 is 1.24 bits per heavy atom. The molecule has 0 fully saturated rings. The third-order valence-corrected chi connectivity index (χ3v) is 3.13. The van der Waals surface area contributed by atoms with Gasteiger partial charge in [-0.15, -0.1) is 0 Å². The third-order valence-electron chi connectivity index (χ3n) is 3.13. The Morgan fingerprint density at radius 3 is 2.59 bits per heavy atom. The van der Waals surface area contributed by atoms with Crippen LogP contribution in [0, 0.1) is 0 Å². The zero-order chi connectivity index (χ0) is 12.3. The highest BCUT2D eigenvalue weighted by molar-refractivity contribution is 5.89. The van der Waals surface area contributed by atoms with Gasteiger partial charge in [-0.3, -0.25) is 4.79 Å². The van der Waals surface area contributed by atoms with Crippen LogP contribution in [0.15, 0.2) is 48.1 Å². The van der Waals surface area contributed by atoms with Crippen molar-refractivity contribution in [2.75, 3.05) is 0 Å². The van der Waals surface area contributed by atoms with Gasteiger partial charge in [-0.2, -0.15) is 0 Å². The first-order chi connectivity index (χ1) is 8.16. The summed E-state index contributed by atoms with van der Waals surface area (Å²) in [5.41, 5.74) is 5.01. The first-order valence-electron chi connectivity index (χ1n) is 6.09. The standard InChI is InChI=1S/C16H18O/c1-12(2)10-14-11-15(17)8-9-16(14)13-6-4-3-5-7-13/h3-7H,1,8-11H2,2H3. The summed E-state index contributed by atoms with van der Waals surface area (Å²) >= 11 is 0. The average Bonchev–Trinajstić information content (AvgIpc) is 2.29. The van der Waals surface area contributed by atoms with Gasteiger partial charge >= 0.3 is 0 Å². The van der Waals surface area contributed by atoms with E-state index in [1.54, 1.807) is 0 Å². The van der Waals surface area contributed by atoms with Crippen LogP contribution in [0.5, 0.6) is 0 Å². The molecule has 0 saturated heterocycles. The van der Waals surface area contributed by atoms with Crippen LogP contribution in [0.2, 0.25) is 0 Å². The summed E-state index contributed by atoms with van der Waals surface area (Å²) in [5.74, 6) is 0.362. The van der Waals surface area contributed by atoms with Gasteiger partial charge in [-0.25, -0.2) is 0 Å². The van der Waals surface area contributed by atoms with Gasteiger partial charge in [-0.1, -0.05) is 48.1 Å². The summed E-state index contributed by atoms with van der Waals surface area (Å²) in [6, 6.07) is 10.4. The van der Waals surface area contributed by atoms with Crippen molar-refractivity contribution in [2.45, 2.75) is 32.6 Å². The zero-order valence-corrected chi connectivity index (χ0v) is 10.3. The van der Waals surface area contributed by atoms with E-state index in [1.165, 1.54) is 16.7 Å². The topological polar surface area (TPSA) is 17.1 Å². The lowest BCUT2D eigenvalue weighted by Crippen LogP contribution is -2.09. The van der Waals surface area contributed by atoms with Crippen molar-refractivity contribution in [1.82, 2.24) is 0 Å². The summed E-state index contributed by atoms with van der Waals surface area (Å²) in [6.45, 7) is 5.98. The molecule has 1 aromatic rings. The van der Waals surface area contributed by atoms with Gasteiger partial charge in [0, 0.05) is 12.8 Å². The molecule has 17 heavy (non-hydrogen) atoms. The first-order valence-corrected chi connectivity index (χ1v) is 6.09. The quantitative estimate of drug-likeness (QED) is 0.707. The summed E-state index contributed by atoms with van der Waals surface area (Å²) < 4.78 is 0. The van der Waals surface area contributed by atoms with Crippen LogP contribution in [0.25, 0.3) is 5.57 Å². The SMILES string of the molecule is C=C(C)CC1=C(c2ccccc2)CCC(=O)C1. The molecule has 0 saturated carbocycles. The fourth-order valence-electron chi connectivity index (χ4n) is 2.40. The maximum absolute atomic E-state index is 11.6. The molecule has 0 aliphatic heterocycles. The van der Waals surface area contributed by atoms with Crippen LogP contribution in [0.4, 0.5) is 0 Å². The van der Waals surface area contributed by atoms with Crippen molar-refractivity contribution in [3.63, 3.8) is 0 Å². The van der Waals surface area contributed by atoms with Gasteiger partial charge in [0.25, 0.3) is 0 Å². The largest absolute Gasteiger partial charge is 0.299 e. The molecule has 0 unspecified atom stereocenters. The van der Waals surface area contributed by atoms with E-state index in [2.05, 4.69) is 30.8 Å². The maximum Gasteiger partial charge on any atom is 0.137 e. The van der Waals surface area contributed by atoms with Gasteiger partial charge in [0.2, 0.25) is 0 Å². The van der Waals surface area contributed by atoms with Gasteiger partial charge < -0.3 is 0 Å². The highest BCUT2D eigenvalue weighted by Gasteiger charge is 2.19. The van der Waals surface area contributed by atoms with E-state index in [0.29, 0.717) is 18.6 Å². The lowest BCUT2D eigenvalue weighted by molar-refractivity contribution is -0.118. The van der Waals surface area contributed by atoms with E-state index >= 15 is 0 Å². The number of hydrogen-bond donors (Lipinski definition) is 0. The second-order valence-corrected chi connectivity index (χ2v) is 4.80. The van der Waals surface area contributed by atoms with Crippen molar-refractivity contribution in [3.8, 4) is 0 Å². The molecule has 0 radical (unpaired) electrons. The van der Waals surface area contributed by atoms with E-state index in [0.717, 1.165) is 18.4 Å². The average molecular weight is 226 g/mol. The van der Waals surface area contributed by atoms with Crippen LogP contribution < -0.4 is 0 Å². The number of ketones is 1. The molecule has 1 aromatic carbocycles. The first kappa shape index (κ1) is 11.8. The van der Waals surface area contributed by atoms with Gasteiger partial charge in [-0.05, 0) is 30.9 Å². The second kappa shape index (κ2) is 5.13. The number of rotatable bonds is 3. The molecule has 88 valence electrons. The summed E-state index contributed by atoms with van der Waals surface area (Å²) in [5, 5.41) is 0. The molecule has 0 amide bonds. The normalized spacial score (nSPS) is 16.2. The predicted molar refractivity (Wildman–Crippen MR) is 71.7 cm³/mol. The number of carbonyl (C=O) groups excluding carboxylic acids is 1. The van der Waals surface area contributed by atoms with Gasteiger partial charge in [0.15, 0.2) is 0 Å². The Morgan fingerprint density at radius 2 is 1.94 bits per heavy atom. The molecular weight excluding hydrogens is 208 g/mol. The minimum atomic E-state index is 0.362. The molecule has 0 atom stereocenters. The van der Waals surface area contributed by atoms with Crippen LogP contribution in [-0.2, 0) is 4.79 Å². The molecule has 0 N–H and O–H groups in total. The van der Waals surface area contributed by atoms with Crippen molar-refractivity contribution in [1.29, 1.82) is 0 Å². The molecule has 1 aliphatic rings. The highest BCUT2D eigenvalue weighted by Crippen LogP contribution is 2.33. The molecule has 0 spiro atoms. The number of carbonyl (C=O) groups is 1. The minimum absolute atomic E-state index is 0.362. The molecule has 2 rings (SSSR count). The second-order valence-electron chi connectivity index (χ2n) is 4.80. The molecule has 1 aliphatic carbocycles. The van der Waals surface area contributed by atoms with Crippen molar-refractivity contribution >= 4 is 11.4 Å². The lowest BCUT2D eigenvalue weighted by atomic mass is 9.84. The van der Waals surface area contributed by atoms with E-state index in [9.17, 15) is 4.79 Å². The fourth-order valence-corrected chi connectivity index (χ4v) is 2.40. The Balaban J connectivity index is 2.38. The highest BCUT2D eigenvalue weighted by atomic mass is 16.1. The van der Waals surface area contributed by atoms with Crippen molar-refractivity contribution in [2.24, 2.45) is 0 Å². The lowest BCUT2D eigenvalue weighted by Gasteiger charge is -2.20. The minimum Gasteiger partial charge on any atom is -0.299 e. The van der Waals surface area contributed by atoms with Crippen LogP contribution in [0.3, 0.4) is 0 Å². The third kappa shape index (κ3) is 2.94. The molecule has 0 heterocycles. The Bertz CT molecular complexity index is 466. The number of allylic oxidation sites excluding steroid dienone is 3. The fraction of sp³-hybridized carbons (Fsp3) is 0.312. The Kier molecular flexibility index (Phi) is 3.58. The molecule has 1 nitrogen and oxygen atoms in total. The van der Waals surface area contributed by atoms with E-state index in [1.807, 2.05) is 13.0 Å². The summed E-state index contributed by atoms with van der Waals surface area (Å²) in [4.78, 5) is 11.6. The zero-order valence-electron chi connectivity index (χ0n) is 10.3. The Hall–Kier alpha value is -1.63. The molecule has 0 bridgehead atoms. The molecule has 0 aromatic heterocycles. The van der Waals surface area contributed by atoms with Crippen LogP contribution in [0.1, 0.15) is 38.2 Å². The smallest absolute Gasteiger partial charge is 0.137 e. The summed E-state index contributed by atoms with van der Waals surface area (Å²) in [6.07, 6.45) is 3.03. The van der Waals surface area contributed by atoms with Crippen molar-refractivity contribution in [3.05, 3.63) is 53.6 Å². The van der Waals surface area contributed by atoms with E-state index in [4.69, 9.17) is 0 Å². The van der Waals surface area contributed by atoms with E-state index < -0.39 is 0 Å². The predicted octanol–water partition coefficient (Wildman–Crippen LogP) is 4.16. The maximum atomic E-state index is 11.6. The molecule has 1 heteroatoms. The van der Waals surface area contributed by atoms with Crippen molar-refractivity contribution < 1.29 is 4.79 Å². The number of hydrogen-bond acceptors (Lipinski definition) is 1.